The molecule has 0 saturated carbocycles. The number of esters is 2. The van der Waals surface area contributed by atoms with Crippen LogP contribution < -0.4 is 15.4 Å². The van der Waals surface area contributed by atoms with Gasteiger partial charge in [-0.1, -0.05) is 13.3 Å². The molecule has 26 heavy (non-hydrogen) atoms. The highest BCUT2D eigenvalue weighted by Crippen LogP contribution is 2.29. The molecular formula is C18H24N2O6. The van der Waals surface area contributed by atoms with Gasteiger partial charge in [0.1, 0.15) is 11.4 Å². The van der Waals surface area contributed by atoms with Crippen molar-refractivity contribution in [3.05, 3.63) is 30.0 Å². The zero-order valence-corrected chi connectivity index (χ0v) is 15.4. The number of amides is 1. The summed E-state index contributed by atoms with van der Waals surface area (Å²) in [5.41, 5.74) is 0.880. The molecule has 1 rings (SSSR count). The molecule has 0 atom stereocenters. The Labute approximate surface area is 152 Å². The zero-order valence-electron chi connectivity index (χ0n) is 15.4. The first-order valence-electron chi connectivity index (χ1n) is 8.08. The number of hydrogen-bond donors (Lipinski definition) is 2. The highest BCUT2D eigenvalue weighted by molar-refractivity contribution is 5.99. The summed E-state index contributed by atoms with van der Waals surface area (Å²) in [5, 5.41) is 5.56. The lowest BCUT2D eigenvalue weighted by molar-refractivity contribution is -0.138. The minimum atomic E-state index is -0.730. The normalized spacial score (nSPS) is 10.7. The quantitative estimate of drug-likeness (QED) is 0.512. The average molecular weight is 364 g/mol. The van der Waals surface area contributed by atoms with Crippen molar-refractivity contribution in [1.82, 2.24) is 0 Å². The van der Waals surface area contributed by atoms with Crippen molar-refractivity contribution in [2.75, 3.05) is 32.0 Å². The maximum absolute atomic E-state index is 11.9. The Morgan fingerprint density at radius 1 is 1.08 bits per heavy atom. The van der Waals surface area contributed by atoms with Crippen LogP contribution in [0.3, 0.4) is 0 Å². The fourth-order valence-corrected chi connectivity index (χ4v) is 2.01. The van der Waals surface area contributed by atoms with Crippen LogP contribution in [0.2, 0.25) is 0 Å². The van der Waals surface area contributed by atoms with Crippen molar-refractivity contribution < 1.29 is 28.6 Å². The minimum absolute atomic E-state index is 0.0962. The lowest BCUT2D eigenvalue weighted by atomic mass is 10.2. The van der Waals surface area contributed by atoms with Crippen LogP contribution in [-0.4, -0.2) is 39.2 Å². The van der Waals surface area contributed by atoms with E-state index in [4.69, 9.17) is 4.74 Å². The molecular weight excluding hydrogens is 340 g/mol. The second-order valence-corrected chi connectivity index (χ2v) is 5.26. The van der Waals surface area contributed by atoms with Gasteiger partial charge in [0.15, 0.2) is 0 Å². The number of nitrogens with one attached hydrogen (secondary N) is 2. The van der Waals surface area contributed by atoms with Gasteiger partial charge in [0.05, 0.1) is 33.1 Å². The van der Waals surface area contributed by atoms with Crippen LogP contribution >= 0.6 is 0 Å². The monoisotopic (exact) mass is 364 g/mol. The van der Waals surface area contributed by atoms with Gasteiger partial charge in [-0.15, -0.1) is 0 Å². The second kappa shape index (κ2) is 10.8. The molecule has 142 valence electrons. The first-order chi connectivity index (χ1) is 12.4. The molecule has 0 aliphatic rings. The molecule has 0 saturated heterocycles. The third kappa shape index (κ3) is 6.46. The average Bonchev–Trinajstić information content (AvgIpc) is 2.65. The van der Waals surface area contributed by atoms with Crippen LogP contribution in [0.25, 0.3) is 0 Å². The molecule has 8 heteroatoms. The van der Waals surface area contributed by atoms with E-state index in [9.17, 15) is 14.4 Å². The third-order valence-electron chi connectivity index (χ3n) is 3.38. The van der Waals surface area contributed by atoms with Crippen LogP contribution in [0.4, 0.5) is 11.4 Å². The first-order valence-corrected chi connectivity index (χ1v) is 8.08. The van der Waals surface area contributed by atoms with Crippen molar-refractivity contribution in [2.45, 2.75) is 26.2 Å². The summed E-state index contributed by atoms with van der Waals surface area (Å²) in [7, 11) is 3.86. The number of hydrogen-bond acceptors (Lipinski definition) is 7. The van der Waals surface area contributed by atoms with E-state index >= 15 is 0 Å². The van der Waals surface area contributed by atoms with Crippen molar-refractivity contribution in [3.8, 4) is 5.75 Å². The number of anilines is 2. The lowest BCUT2D eigenvalue weighted by Gasteiger charge is -2.14. The summed E-state index contributed by atoms with van der Waals surface area (Å²) in [6.07, 6.45) is 3.14. The Balaban J connectivity index is 3.00. The number of rotatable bonds is 9. The smallest absolute Gasteiger partial charge is 0.354 e. The summed E-state index contributed by atoms with van der Waals surface area (Å²) in [4.78, 5) is 35.1. The van der Waals surface area contributed by atoms with Gasteiger partial charge in [0, 0.05) is 18.2 Å². The number of ether oxygens (including phenoxy) is 3. The van der Waals surface area contributed by atoms with E-state index in [1.165, 1.54) is 21.3 Å². The van der Waals surface area contributed by atoms with Crippen LogP contribution in [0.15, 0.2) is 30.0 Å². The SMILES string of the molecule is CCCCC(=O)Nc1ccc(N/C(=C/C(=O)OC)C(=O)OC)cc1OC. The van der Waals surface area contributed by atoms with Crippen molar-refractivity contribution in [3.63, 3.8) is 0 Å². The van der Waals surface area contributed by atoms with Crippen LogP contribution in [-0.2, 0) is 23.9 Å². The molecule has 0 unspecified atom stereocenters. The molecule has 8 nitrogen and oxygen atoms in total. The minimum Gasteiger partial charge on any atom is -0.494 e. The molecule has 1 amide bonds. The molecule has 0 spiro atoms. The standard InChI is InChI=1S/C18H24N2O6/c1-5-6-7-16(21)20-13-9-8-12(10-15(13)24-2)19-14(18(23)26-4)11-17(22)25-3/h8-11,19H,5-7H2,1-4H3,(H,20,21)/b14-11+. The highest BCUT2D eigenvalue weighted by Gasteiger charge is 2.14. The number of benzene rings is 1. The molecule has 0 heterocycles. The number of methoxy groups -OCH3 is 3. The lowest BCUT2D eigenvalue weighted by Crippen LogP contribution is -2.16. The molecule has 0 radical (unpaired) electrons. The maximum Gasteiger partial charge on any atom is 0.354 e. The van der Waals surface area contributed by atoms with Gasteiger partial charge in [-0.2, -0.15) is 0 Å². The number of carbonyl (C=O) groups excluding carboxylic acids is 3. The van der Waals surface area contributed by atoms with Gasteiger partial charge in [0.2, 0.25) is 5.91 Å². The maximum atomic E-state index is 11.9. The number of unbranched alkanes of at least 4 members (excludes halogenated alkanes) is 1. The molecule has 2 N–H and O–H groups in total. The van der Waals surface area contributed by atoms with Gasteiger partial charge >= 0.3 is 11.9 Å². The van der Waals surface area contributed by atoms with E-state index in [2.05, 4.69) is 20.1 Å². The largest absolute Gasteiger partial charge is 0.494 e. The Hall–Kier alpha value is -3.03. The summed E-state index contributed by atoms with van der Waals surface area (Å²) in [5.74, 6) is -1.13. The molecule has 1 aromatic rings. The van der Waals surface area contributed by atoms with Crippen LogP contribution in [0, 0.1) is 0 Å². The Bertz CT molecular complexity index is 684. The molecule has 0 bridgehead atoms. The van der Waals surface area contributed by atoms with Gasteiger partial charge in [0.25, 0.3) is 0 Å². The van der Waals surface area contributed by atoms with Crippen molar-refractivity contribution in [2.24, 2.45) is 0 Å². The van der Waals surface area contributed by atoms with Crippen LogP contribution in [0.1, 0.15) is 26.2 Å². The topological polar surface area (TPSA) is 103 Å². The molecule has 0 aromatic heterocycles. The van der Waals surface area contributed by atoms with Crippen molar-refractivity contribution >= 4 is 29.2 Å². The van der Waals surface area contributed by atoms with Crippen molar-refractivity contribution in [1.29, 1.82) is 0 Å². The van der Waals surface area contributed by atoms with E-state index in [-0.39, 0.29) is 11.6 Å². The van der Waals surface area contributed by atoms with E-state index in [1.54, 1.807) is 18.2 Å². The van der Waals surface area contributed by atoms with Gasteiger partial charge in [-0.05, 0) is 18.6 Å². The Morgan fingerprint density at radius 3 is 2.38 bits per heavy atom. The molecule has 0 aliphatic carbocycles. The highest BCUT2D eigenvalue weighted by atomic mass is 16.5. The summed E-state index contributed by atoms with van der Waals surface area (Å²) < 4.78 is 14.4. The summed E-state index contributed by atoms with van der Waals surface area (Å²) >= 11 is 0. The van der Waals surface area contributed by atoms with E-state index < -0.39 is 11.9 Å². The third-order valence-corrected chi connectivity index (χ3v) is 3.38. The fraction of sp³-hybridized carbons (Fsp3) is 0.389. The number of carbonyl (C=O) groups is 3. The van der Waals surface area contributed by atoms with Gasteiger partial charge < -0.3 is 24.8 Å². The molecule has 1 aromatic carbocycles. The van der Waals surface area contributed by atoms with Gasteiger partial charge in [-0.3, -0.25) is 4.79 Å². The van der Waals surface area contributed by atoms with E-state index in [1.807, 2.05) is 6.92 Å². The van der Waals surface area contributed by atoms with E-state index in [0.717, 1.165) is 18.9 Å². The molecule has 0 aliphatic heterocycles. The fourth-order valence-electron chi connectivity index (χ4n) is 2.01. The van der Waals surface area contributed by atoms with Crippen LogP contribution in [0.5, 0.6) is 5.75 Å². The first kappa shape index (κ1) is 21.0. The zero-order chi connectivity index (χ0) is 19.5. The predicted octanol–water partition coefficient (Wildman–Crippen LogP) is 2.47. The Kier molecular flexibility index (Phi) is 8.69. The molecule has 0 fully saturated rings. The second-order valence-electron chi connectivity index (χ2n) is 5.26. The van der Waals surface area contributed by atoms with Gasteiger partial charge in [-0.25, -0.2) is 9.59 Å². The van der Waals surface area contributed by atoms with E-state index in [0.29, 0.717) is 23.5 Å². The summed E-state index contributed by atoms with van der Waals surface area (Å²) in [6, 6.07) is 4.85. The Morgan fingerprint density at radius 2 is 1.81 bits per heavy atom. The summed E-state index contributed by atoms with van der Waals surface area (Å²) in [6.45, 7) is 2.01. The predicted molar refractivity (Wildman–Crippen MR) is 96.9 cm³/mol.